The Hall–Kier alpha value is -2.38. The number of pyridine rings is 1. The SMILES string of the molecule is COc1ccc2nc(N3CCNCC3COc3cnc(C)c(C)c3)sc2c1. The molecule has 0 saturated carbocycles. The highest BCUT2D eigenvalue weighted by Gasteiger charge is 2.26. The molecule has 0 radical (unpaired) electrons. The summed E-state index contributed by atoms with van der Waals surface area (Å²) in [5.74, 6) is 1.68. The molecule has 3 heterocycles. The Labute approximate surface area is 163 Å². The normalized spacial score (nSPS) is 17.3. The number of thiazole rings is 1. The van der Waals surface area contributed by atoms with E-state index in [9.17, 15) is 0 Å². The summed E-state index contributed by atoms with van der Waals surface area (Å²) < 4.78 is 12.5. The van der Waals surface area contributed by atoms with Crippen LogP contribution in [0.2, 0.25) is 0 Å². The van der Waals surface area contributed by atoms with Crippen LogP contribution in [0.4, 0.5) is 5.13 Å². The quantitative estimate of drug-likeness (QED) is 0.729. The summed E-state index contributed by atoms with van der Waals surface area (Å²) in [5, 5.41) is 4.50. The van der Waals surface area contributed by atoms with Gasteiger partial charge in [-0.2, -0.15) is 0 Å². The van der Waals surface area contributed by atoms with E-state index in [1.807, 2.05) is 31.2 Å². The molecule has 3 aromatic rings. The van der Waals surface area contributed by atoms with Gasteiger partial charge in [0.25, 0.3) is 0 Å². The molecule has 27 heavy (non-hydrogen) atoms. The Bertz CT molecular complexity index is 943. The summed E-state index contributed by atoms with van der Waals surface area (Å²) in [7, 11) is 1.69. The molecule has 142 valence electrons. The van der Waals surface area contributed by atoms with Crippen LogP contribution in [0, 0.1) is 13.8 Å². The third-order valence-corrected chi connectivity index (χ3v) is 5.99. The monoisotopic (exact) mass is 384 g/mol. The fourth-order valence-electron chi connectivity index (χ4n) is 3.19. The van der Waals surface area contributed by atoms with Gasteiger partial charge in [0.05, 0.1) is 29.6 Å². The number of nitrogens with one attached hydrogen (secondary N) is 1. The maximum Gasteiger partial charge on any atom is 0.186 e. The van der Waals surface area contributed by atoms with Gasteiger partial charge in [-0.25, -0.2) is 4.98 Å². The Morgan fingerprint density at radius 1 is 1.26 bits per heavy atom. The first-order valence-corrected chi connectivity index (χ1v) is 9.93. The van der Waals surface area contributed by atoms with Crippen LogP contribution in [0.25, 0.3) is 10.2 Å². The van der Waals surface area contributed by atoms with Gasteiger partial charge in [-0.1, -0.05) is 11.3 Å². The average Bonchev–Trinajstić information content (AvgIpc) is 3.12. The zero-order chi connectivity index (χ0) is 18.8. The van der Waals surface area contributed by atoms with Crippen molar-refractivity contribution in [3.8, 4) is 11.5 Å². The maximum atomic E-state index is 6.06. The number of hydrogen-bond acceptors (Lipinski definition) is 7. The lowest BCUT2D eigenvalue weighted by Gasteiger charge is -2.35. The zero-order valence-corrected chi connectivity index (χ0v) is 16.7. The predicted molar refractivity (Wildman–Crippen MR) is 109 cm³/mol. The number of methoxy groups -OCH3 is 1. The zero-order valence-electron chi connectivity index (χ0n) is 15.9. The fourth-order valence-corrected chi connectivity index (χ4v) is 4.28. The van der Waals surface area contributed by atoms with E-state index in [-0.39, 0.29) is 6.04 Å². The van der Waals surface area contributed by atoms with E-state index in [1.165, 1.54) is 0 Å². The van der Waals surface area contributed by atoms with E-state index in [0.717, 1.165) is 57.7 Å². The van der Waals surface area contributed by atoms with Crippen LogP contribution in [0.15, 0.2) is 30.5 Å². The van der Waals surface area contributed by atoms with Gasteiger partial charge in [-0.15, -0.1) is 0 Å². The lowest BCUT2D eigenvalue weighted by Crippen LogP contribution is -2.54. The van der Waals surface area contributed by atoms with Crippen molar-refractivity contribution < 1.29 is 9.47 Å². The van der Waals surface area contributed by atoms with E-state index < -0.39 is 0 Å². The highest BCUT2D eigenvalue weighted by molar-refractivity contribution is 7.22. The van der Waals surface area contributed by atoms with Crippen molar-refractivity contribution >= 4 is 26.7 Å². The first-order chi connectivity index (χ1) is 13.1. The minimum atomic E-state index is 0.225. The maximum absolute atomic E-state index is 6.06. The number of benzene rings is 1. The van der Waals surface area contributed by atoms with Crippen molar-refractivity contribution in [2.24, 2.45) is 0 Å². The number of fused-ring (bicyclic) bond motifs is 1. The van der Waals surface area contributed by atoms with E-state index in [1.54, 1.807) is 24.6 Å². The summed E-state index contributed by atoms with van der Waals surface area (Å²) in [5.41, 5.74) is 3.19. The molecule has 1 fully saturated rings. The van der Waals surface area contributed by atoms with Gasteiger partial charge in [-0.3, -0.25) is 4.98 Å². The molecule has 1 atom stereocenters. The molecule has 1 saturated heterocycles. The molecule has 1 aliphatic heterocycles. The number of nitrogens with zero attached hydrogens (tertiary/aromatic N) is 3. The smallest absolute Gasteiger partial charge is 0.186 e. The molecule has 7 heteroatoms. The van der Waals surface area contributed by atoms with Crippen LogP contribution in [-0.4, -0.2) is 49.4 Å². The molecule has 6 nitrogen and oxygen atoms in total. The molecule has 0 amide bonds. The first kappa shape index (κ1) is 18.0. The highest BCUT2D eigenvalue weighted by atomic mass is 32.1. The molecule has 2 aromatic heterocycles. The predicted octanol–water partition coefficient (Wildman–Crippen LogP) is 3.17. The minimum Gasteiger partial charge on any atom is -0.497 e. The van der Waals surface area contributed by atoms with Crippen molar-refractivity contribution in [2.45, 2.75) is 19.9 Å². The van der Waals surface area contributed by atoms with E-state index in [2.05, 4.69) is 22.1 Å². The topological polar surface area (TPSA) is 59.5 Å². The minimum absolute atomic E-state index is 0.225. The average molecular weight is 385 g/mol. The van der Waals surface area contributed by atoms with Crippen molar-refractivity contribution in [1.29, 1.82) is 0 Å². The van der Waals surface area contributed by atoms with E-state index in [0.29, 0.717) is 6.61 Å². The summed E-state index contributed by atoms with van der Waals surface area (Å²) in [6, 6.07) is 8.29. The van der Waals surface area contributed by atoms with Gasteiger partial charge >= 0.3 is 0 Å². The second-order valence-electron chi connectivity index (χ2n) is 6.77. The van der Waals surface area contributed by atoms with Crippen LogP contribution < -0.4 is 19.7 Å². The largest absolute Gasteiger partial charge is 0.497 e. The number of rotatable bonds is 5. The van der Waals surface area contributed by atoms with Crippen molar-refractivity contribution in [3.05, 3.63) is 41.7 Å². The van der Waals surface area contributed by atoms with Gasteiger partial charge in [0.15, 0.2) is 5.13 Å². The molecule has 1 aliphatic rings. The highest BCUT2D eigenvalue weighted by Crippen LogP contribution is 2.32. The van der Waals surface area contributed by atoms with Gasteiger partial charge in [-0.05, 0) is 43.7 Å². The molecule has 0 spiro atoms. The van der Waals surface area contributed by atoms with Crippen LogP contribution in [-0.2, 0) is 0 Å². The Balaban J connectivity index is 1.52. The standard InChI is InChI=1S/C20H24N4O2S/c1-13-8-17(11-22-14(13)2)26-12-15-10-21-6-7-24(15)20-23-18-5-4-16(25-3)9-19(18)27-20/h4-5,8-9,11,15,21H,6-7,10,12H2,1-3H3. The van der Waals surface area contributed by atoms with Crippen molar-refractivity contribution in [2.75, 3.05) is 38.3 Å². The molecule has 1 N–H and O–H groups in total. The number of anilines is 1. The number of hydrogen-bond donors (Lipinski definition) is 1. The van der Waals surface area contributed by atoms with Gasteiger partial charge in [0.2, 0.25) is 0 Å². The number of aromatic nitrogens is 2. The number of ether oxygens (including phenoxy) is 2. The molecule has 0 aliphatic carbocycles. The third-order valence-electron chi connectivity index (χ3n) is 4.94. The molecular weight excluding hydrogens is 360 g/mol. The second kappa shape index (κ2) is 7.70. The van der Waals surface area contributed by atoms with Crippen LogP contribution >= 0.6 is 11.3 Å². The van der Waals surface area contributed by atoms with Crippen molar-refractivity contribution in [1.82, 2.24) is 15.3 Å². The Kier molecular flexibility index (Phi) is 5.13. The van der Waals surface area contributed by atoms with Crippen LogP contribution in [0.3, 0.4) is 0 Å². The van der Waals surface area contributed by atoms with Gasteiger partial charge in [0, 0.05) is 25.3 Å². The first-order valence-electron chi connectivity index (χ1n) is 9.12. The molecule has 0 bridgehead atoms. The fraction of sp³-hybridized carbons (Fsp3) is 0.400. The lowest BCUT2D eigenvalue weighted by atomic mass is 10.2. The Morgan fingerprint density at radius 2 is 2.15 bits per heavy atom. The number of piperazine rings is 1. The summed E-state index contributed by atoms with van der Waals surface area (Å²) in [4.78, 5) is 11.6. The molecule has 1 aromatic carbocycles. The van der Waals surface area contributed by atoms with Gasteiger partial charge < -0.3 is 19.7 Å². The Morgan fingerprint density at radius 3 is 2.96 bits per heavy atom. The lowest BCUT2D eigenvalue weighted by molar-refractivity contribution is 0.266. The molecule has 4 rings (SSSR count). The second-order valence-corrected chi connectivity index (χ2v) is 7.77. The number of aryl methyl sites for hydroxylation is 2. The van der Waals surface area contributed by atoms with E-state index >= 15 is 0 Å². The van der Waals surface area contributed by atoms with Crippen LogP contribution in [0.1, 0.15) is 11.3 Å². The van der Waals surface area contributed by atoms with E-state index in [4.69, 9.17) is 14.5 Å². The molecule has 1 unspecified atom stereocenters. The summed E-state index contributed by atoms with van der Waals surface area (Å²) in [6.07, 6.45) is 1.80. The van der Waals surface area contributed by atoms with Crippen molar-refractivity contribution in [3.63, 3.8) is 0 Å². The summed E-state index contributed by atoms with van der Waals surface area (Å²) in [6.45, 7) is 7.39. The third kappa shape index (κ3) is 3.84. The summed E-state index contributed by atoms with van der Waals surface area (Å²) >= 11 is 1.70. The molecular formula is C20H24N4O2S. The van der Waals surface area contributed by atoms with Gasteiger partial charge in [0.1, 0.15) is 18.1 Å². The van der Waals surface area contributed by atoms with Crippen LogP contribution in [0.5, 0.6) is 11.5 Å².